The molecule has 0 amide bonds. The summed E-state index contributed by atoms with van der Waals surface area (Å²) in [6, 6.07) is 6.57. The molecule has 1 saturated heterocycles. The highest BCUT2D eigenvalue weighted by molar-refractivity contribution is 5.85. The zero-order valence-corrected chi connectivity index (χ0v) is 12.4. The second-order valence-corrected chi connectivity index (χ2v) is 5.25. The molecule has 1 aromatic rings. The number of halogens is 2. The van der Waals surface area contributed by atoms with E-state index in [1.54, 1.807) is 0 Å². The predicted octanol–water partition coefficient (Wildman–Crippen LogP) is 2.35. The fourth-order valence-corrected chi connectivity index (χ4v) is 3.07. The van der Waals surface area contributed by atoms with E-state index in [4.69, 9.17) is 4.74 Å². The van der Waals surface area contributed by atoms with Gasteiger partial charge in [-0.1, -0.05) is 12.1 Å². The number of piperazine rings is 1. The summed E-state index contributed by atoms with van der Waals surface area (Å²) in [5, 5.41) is 3.35. The van der Waals surface area contributed by atoms with Gasteiger partial charge in [0.05, 0.1) is 13.3 Å². The molecule has 5 heteroatoms. The molecule has 0 aliphatic carbocycles. The van der Waals surface area contributed by atoms with Gasteiger partial charge in [0.15, 0.2) is 0 Å². The van der Waals surface area contributed by atoms with Crippen LogP contribution in [0.1, 0.15) is 23.6 Å². The monoisotopic (exact) mass is 300 g/mol. The summed E-state index contributed by atoms with van der Waals surface area (Å²) in [5.74, 6) is 1.00. The smallest absolute Gasteiger partial charge is 0.122 e. The van der Waals surface area contributed by atoms with E-state index in [1.165, 1.54) is 11.1 Å². The SMILES string of the molecule is Cl.FCC[C@@H](c1ccc2c(c1)CCO2)N1CCNCC1. The number of hydrogen-bond acceptors (Lipinski definition) is 3. The van der Waals surface area contributed by atoms with Crippen LogP contribution in [0.2, 0.25) is 0 Å². The molecule has 1 N–H and O–H groups in total. The molecule has 0 bridgehead atoms. The molecule has 20 heavy (non-hydrogen) atoms. The lowest BCUT2D eigenvalue weighted by atomic mass is 9.98. The van der Waals surface area contributed by atoms with Crippen molar-refractivity contribution in [2.45, 2.75) is 18.9 Å². The summed E-state index contributed by atoms with van der Waals surface area (Å²) in [6.45, 7) is 4.51. The van der Waals surface area contributed by atoms with E-state index >= 15 is 0 Å². The predicted molar refractivity (Wildman–Crippen MR) is 80.7 cm³/mol. The molecule has 112 valence electrons. The molecular weight excluding hydrogens is 279 g/mol. The number of rotatable bonds is 4. The van der Waals surface area contributed by atoms with Crippen LogP contribution >= 0.6 is 12.4 Å². The molecule has 0 saturated carbocycles. The first-order chi connectivity index (χ1) is 9.38. The first-order valence-electron chi connectivity index (χ1n) is 7.15. The van der Waals surface area contributed by atoms with Gasteiger partial charge < -0.3 is 10.1 Å². The Labute approximate surface area is 125 Å². The summed E-state index contributed by atoms with van der Waals surface area (Å²) in [4.78, 5) is 2.40. The zero-order valence-electron chi connectivity index (χ0n) is 11.6. The van der Waals surface area contributed by atoms with Crippen LogP contribution in [0.25, 0.3) is 0 Å². The van der Waals surface area contributed by atoms with Gasteiger partial charge in [0.25, 0.3) is 0 Å². The van der Waals surface area contributed by atoms with Gasteiger partial charge in [-0.05, 0) is 23.6 Å². The topological polar surface area (TPSA) is 24.5 Å². The van der Waals surface area contributed by atoms with Gasteiger partial charge >= 0.3 is 0 Å². The largest absolute Gasteiger partial charge is 0.493 e. The third-order valence-electron chi connectivity index (χ3n) is 4.07. The molecule has 1 atom stereocenters. The van der Waals surface area contributed by atoms with E-state index in [-0.39, 0.29) is 25.1 Å². The molecule has 1 aromatic carbocycles. The Morgan fingerprint density at radius 1 is 1.30 bits per heavy atom. The summed E-state index contributed by atoms with van der Waals surface area (Å²) in [6.07, 6.45) is 1.56. The maximum atomic E-state index is 12.9. The highest BCUT2D eigenvalue weighted by Crippen LogP contribution is 2.31. The molecule has 2 aliphatic rings. The maximum absolute atomic E-state index is 12.9. The van der Waals surface area contributed by atoms with Gasteiger partial charge in [0.1, 0.15) is 5.75 Å². The van der Waals surface area contributed by atoms with Crippen LogP contribution < -0.4 is 10.1 Å². The van der Waals surface area contributed by atoms with E-state index in [9.17, 15) is 4.39 Å². The molecule has 2 heterocycles. The molecule has 3 nitrogen and oxygen atoms in total. The highest BCUT2D eigenvalue weighted by atomic mass is 35.5. The van der Waals surface area contributed by atoms with Crippen molar-refractivity contribution in [2.24, 2.45) is 0 Å². The van der Waals surface area contributed by atoms with Crippen molar-refractivity contribution in [1.29, 1.82) is 0 Å². The Morgan fingerprint density at radius 2 is 2.10 bits per heavy atom. The van der Waals surface area contributed by atoms with Crippen molar-refractivity contribution in [1.82, 2.24) is 10.2 Å². The van der Waals surface area contributed by atoms with Crippen molar-refractivity contribution in [3.63, 3.8) is 0 Å². The maximum Gasteiger partial charge on any atom is 0.122 e. The zero-order chi connectivity index (χ0) is 13.1. The molecule has 3 rings (SSSR count). The van der Waals surface area contributed by atoms with E-state index < -0.39 is 0 Å². The third kappa shape index (κ3) is 3.25. The average molecular weight is 301 g/mol. The molecule has 0 spiro atoms. The number of ether oxygens (including phenoxy) is 1. The standard InChI is InChI=1S/C15H21FN2O.ClH/c16-5-3-14(18-8-6-17-7-9-18)12-1-2-15-13(11-12)4-10-19-15;/h1-2,11,14,17H,3-10H2;1H/t14-;/m0./s1. The Hall–Kier alpha value is -0.840. The van der Waals surface area contributed by atoms with Crippen LogP contribution in [0, 0.1) is 0 Å². The Bertz CT molecular complexity index is 438. The van der Waals surface area contributed by atoms with Gasteiger partial charge in [0, 0.05) is 38.6 Å². The van der Waals surface area contributed by atoms with Crippen LogP contribution in [-0.4, -0.2) is 44.4 Å². The average Bonchev–Trinajstić information content (AvgIpc) is 2.93. The van der Waals surface area contributed by atoms with Crippen molar-refractivity contribution < 1.29 is 9.13 Å². The van der Waals surface area contributed by atoms with Crippen LogP contribution in [0.15, 0.2) is 18.2 Å². The van der Waals surface area contributed by atoms with Gasteiger partial charge in [-0.2, -0.15) is 0 Å². The van der Waals surface area contributed by atoms with Gasteiger partial charge in [0.2, 0.25) is 0 Å². The van der Waals surface area contributed by atoms with Crippen LogP contribution in [-0.2, 0) is 6.42 Å². The fraction of sp³-hybridized carbons (Fsp3) is 0.600. The summed E-state index contributed by atoms with van der Waals surface area (Å²) in [5.41, 5.74) is 2.51. The molecule has 1 fully saturated rings. The van der Waals surface area contributed by atoms with Crippen molar-refractivity contribution >= 4 is 12.4 Å². The summed E-state index contributed by atoms with van der Waals surface area (Å²) in [7, 11) is 0. The fourth-order valence-electron chi connectivity index (χ4n) is 3.07. The number of hydrogen-bond donors (Lipinski definition) is 1. The van der Waals surface area contributed by atoms with Crippen molar-refractivity contribution in [3.05, 3.63) is 29.3 Å². The van der Waals surface area contributed by atoms with Gasteiger partial charge in [-0.15, -0.1) is 12.4 Å². The van der Waals surface area contributed by atoms with Gasteiger partial charge in [-0.3, -0.25) is 9.29 Å². The minimum Gasteiger partial charge on any atom is -0.493 e. The number of nitrogens with one attached hydrogen (secondary N) is 1. The molecule has 0 aromatic heterocycles. The van der Waals surface area contributed by atoms with E-state index in [0.717, 1.165) is 45.0 Å². The second kappa shape index (κ2) is 7.25. The van der Waals surface area contributed by atoms with E-state index in [2.05, 4.69) is 22.3 Å². The number of fused-ring (bicyclic) bond motifs is 1. The summed E-state index contributed by atoms with van der Waals surface area (Å²) >= 11 is 0. The lowest BCUT2D eigenvalue weighted by Crippen LogP contribution is -2.45. The summed E-state index contributed by atoms with van der Waals surface area (Å²) < 4.78 is 18.4. The second-order valence-electron chi connectivity index (χ2n) is 5.25. The lowest BCUT2D eigenvalue weighted by molar-refractivity contribution is 0.157. The quantitative estimate of drug-likeness (QED) is 0.924. The first kappa shape index (κ1) is 15.5. The number of alkyl halides is 1. The van der Waals surface area contributed by atoms with Crippen molar-refractivity contribution in [2.75, 3.05) is 39.5 Å². The molecular formula is C15H22ClFN2O. The molecule has 2 aliphatic heterocycles. The Kier molecular flexibility index (Phi) is 5.64. The van der Waals surface area contributed by atoms with Crippen LogP contribution in [0.5, 0.6) is 5.75 Å². The van der Waals surface area contributed by atoms with Gasteiger partial charge in [-0.25, -0.2) is 0 Å². The first-order valence-corrected chi connectivity index (χ1v) is 7.15. The minimum absolute atomic E-state index is 0. The van der Waals surface area contributed by atoms with Crippen LogP contribution in [0.3, 0.4) is 0 Å². The van der Waals surface area contributed by atoms with E-state index in [1.807, 2.05) is 6.07 Å². The van der Waals surface area contributed by atoms with Crippen LogP contribution in [0.4, 0.5) is 4.39 Å². The lowest BCUT2D eigenvalue weighted by Gasteiger charge is -2.35. The van der Waals surface area contributed by atoms with E-state index in [0.29, 0.717) is 6.42 Å². The Balaban J connectivity index is 0.00000147. The number of benzene rings is 1. The van der Waals surface area contributed by atoms with Crippen molar-refractivity contribution in [3.8, 4) is 5.75 Å². The highest BCUT2D eigenvalue weighted by Gasteiger charge is 2.23. The Morgan fingerprint density at radius 3 is 2.85 bits per heavy atom. The molecule has 0 radical (unpaired) electrons. The minimum atomic E-state index is -0.262. The normalized spacial score (nSPS) is 19.9. The number of nitrogens with zero attached hydrogens (tertiary/aromatic N) is 1. The third-order valence-corrected chi connectivity index (χ3v) is 4.07. The molecule has 0 unspecified atom stereocenters.